The number of carbonyl (C=O) groups excluding carboxylic acids is 1. The molecule has 0 bridgehead atoms. The van der Waals surface area contributed by atoms with Crippen molar-refractivity contribution in [3.05, 3.63) is 60.2 Å². The number of carboxylic acids is 1. The number of rotatable bonds is 7. The van der Waals surface area contributed by atoms with Gasteiger partial charge in [-0.25, -0.2) is 4.98 Å². The first kappa shape index (κ1) is 18.4. The lowest BCUT2D eigenvalue weighted by molar-refractivity contribution is -0.137. The summed E-state index contributed by atoms with van der Waals surface area (Å²) in [7, 11) is 1.61. The third kappa shape index (κ3) is 4.41. The zero-order valence-electron chi connectivity index (χ0n) is 14.9. The fraction of sp³-hybridized carbons (Fsp3) is 0.190. The number of nitrogens with one attached hydrogen (secondary N) is 1. The van der Waals surface area contributed by atoms with Crippen LogP contribution in [0.3, 0.4) is 0 Å². The van der Waals surface area contributed by atoms with E-state index in [0.717, 1.165) is 22.2 Å². The van der Waals surface area contributed by atoms with E-state index in [0.29, 0.717) is 24.2 Å². The van der Waals surface area contributed by atoms with Gasteiger partial charge < -0.3 is 15.2 Å². The van der Waals surface area contributed by atoms with Crippen molar-refractivity contribution in [1.82, 2.24) is 10.3 Å². The Bertz CT molecular complexity index is 968. The fourth-order valence-corrected chi connectivity index (χ4v) is 2.81. The summed E-state index contributed by atoms with van der Waals surface area (Å²) in [5.74, 6) is -0.370. The Morgan fingerprint density at radius 2 is 1.85 bits per heavy atom. The smallest absolute Gasteiger partial charge is 0.303 e. The van der Waals surface area contributed by atoms with Crippen LogP contribution in [0.25, 0.3) is 22.2 Å². The molecular weight excluding hydrogens is 344 g/mol. The molecule has 0 radical (unpaired) electrons. The third-order valence-corrected chi connectivity index (χ3v) is 4.20. The van der Waals surface area contributed by atoms with E-state index in [9.17, 15) is 9.59 Å². The maximum Gasteiger partial charge on any atom is 0.303 e. The minimum atomic E-state index is -0.875. The number of nitrogens with zero attached hydrogens (tertiary/aromatic N) is 1. The van der Waals surface area contributed by atoms with Crippen LogP contribution in [0.2, 0.25) is 0 Å². The molecule has 3 rings (SSSR count). The van der Waals surface area contributed by atoms with Gasteiger partial charge in [0.05, 0.1) is 23.9 Å². The molecule has 6 heteroatoms. The van der Waals surface area contributed by atoms with Gasteiger partial charge in [-0.15, -0.1) is 0 Å². The van der Waals surface area contributed by atoms with E-state index < -0.39 is 5.97 Å². The van der Waals surface area contributed by atoms with Crippen molar-refractivity contribution in [3.63, 3.8) is 0 Å². The second-order valence-corrected chi connectivity index (χ2v) is 6.05. The molecule has 6 nitrogen and oxygen atoms in total. The van der Waals surface area contributed by atoms with E-state index >= 15 is 0 Å². The lowest BCUT2D eigenvalue weighted by atomic mass is 10.0. The van der Waals surface area contributed by atoms with Crippen LogP contribution < -0.4 is 10.1 Å². The quantitative estimate of drug-likeness (QED) is 0.627. The Hall–Kier alpha value is -3.41. The molecule has 0 fully saturated rings. The maximum atomic E-state index is 12.7. The third-order valence-electron chi connectivity index (χ3n) is 4.20. The Kier molecular flexibility index (Phi) is 5.66. The zero-order chi connectivity index (χ0) is 19.2. The maximum absolute atomic E-state index is 12.7. The molecule has 0 aliphatic heterocycles. The Morgan fingerprint density at radius 1 is 1.11 bits per heavy atom. The fourth-order valence-electron chi connectivity index (χ4n) is 2.81. The number of hydrogen-bond donors (Lipinski definition) is 2. The van der Waals surface area contributed by atoms with Gasteiger partial charge in [-0.05, 0) is 42.8 Å². The van der Waals surface area contributed by atoms with Crippen molar-refractivity contribution in [2.24, 2.45) is 0 Å². The summed E-state index contributed by atoms with van der Waals surface area (Å²) in [6.45, 7) is 0.305. The van der Waals surface area contributed by atoms with E-state index in [4.69, 9.17) is 9.84 Å². The first-order valence-electron chi connectivity index (χ1n) is 8.62. The van der Waals surface area contributed by atoms with E-state index in [-0.39, 0.29) is 12.3 Å². The highest BCUT2D eigenvalue weighted by Gasteiger charge is 2.14. The molecule has 0 aliphatic rings. The second kappa shape index (κ2) is 8.31. The van der Waals surface area contributed by atoms with Crippen molar-refractivity contribution in [2.45, 2.75) is 12.8 Å². The predicted octanol–water partition coefficient (Wildman–Crippen LogP) is 3.51. The van der Waals surface area contributed by atoms with Crippen molar-refractivity contribution < 1.29 is 19.4 Å². The molecule has 2 N–H and O–H groups in total. The van der Waals surface area contributed by atoms with E-state index in [2.05, 4.69) is 10.3 Å². The second-order valence-electron chi connectivity index (χ2n) is 6.05. The number of carboxylic acid groups (broad SMARTS) is 1. The van der Waals surface area contributed by atoms with Crippen LogP contribution in [0.15, 0.2) is 54.6 Å². The summed E-state index contributed by atoms with van der Waals surface area (Å²) in [4.78, 5) is 28.0. The molecule has 1 aromatic heterocycles. The summed E-state index contributed by atoms with van der Waals surface area (Å²) in [5.41, 5.74) is 2.80. The van der Waals surface area contributed by atoms with Gasteiger partial charge in [-0.3, -0.25) is 9.59 Å². The van der Waals surface area contributed by atoms with Crippen molar-refractivity contribution in [3.8, 4) is 17.0 Å². The van der Waals surface area contributed by atoms with E-state index in [1.807, 2.05) is 48.5 Å². The SMILES string of the molecule is COc1ccc(-c2cc(C(=O)NCCCC(=O)O)c3ccccc3n2)cc1. The molecule has 0 unspecified atom stereocenters. The number of fused-ring (bicyclic) bond motifs is 1. The summed E-state index contributed by atoms with van der Waals surface area (Å²) in [6, 6.07) is 16.7. The van der Waals surface area contributed by atoms with E-state index in [1.165, 1.54) is 0 Å². The number of aromatic nitrogens is 1. The van der Waals surface area contributed by atoms with Gasteiger partial charge in [-0.1, -0.05) is 18.2 Å². The van der Waals surface area contributed by atoms with Gasteiger partial charge in [0, 0.05) is 23.9 Å². The summed E-state index contributed by atoms with van der Waals surface area (Å²) in [5, 5.41) is 12.3. The van der Waals surface area contributed by atoms with Crippen LogP contribution in [-0.2, 0) is 4.79 Å². The lowest BCUT2D eigenvalue weighted by Gasteiger charge is -2.11. The monoisotopic (exact) mass is 364 g/mol. The van der Waals surface area contributed by atoms with Crippen molar-refractivity contribution in [1.29, 1.82) is 0 Å². The molecular formula is C21H20N2O4. The summed E-state index contributed by atoms with van der Waals surface area (Å²) < 4.78 is 5.18. The largest absolute Gasteiger partial charge is 0.497 e. The molecule has 0 saturated carbocycles. The van der Waals surface area contributed by atoms with Crippen LogP contribution in [-0.4, -0.2) is 35.6 Å². The molecule has 0 aliphatic carbocycles. The average molecular weight is 364 g/mol. The number of ether oxygens (including phenoxy) is 1. The number of para-hydroxylation sites is 1. The van der Waals surface area contributed by atoms with Gasteiger partial charge in [0.25, 0.3) is 5.91 Å². The number of methoxy groups -OCH3 is 1. The molecule has 0 saturated heterocycles. The van der Waals surface area contributed by atoms with Gasteiger partial charge >= 0.3 is 5.97 Å². The average Bonchev–Trinajstić information content (AvgIpc) is 2.70. The number of hydrogen-bond acceptors (Lipinski definition) is 4. The Labute approximate surface area is 156 Å². The van der Waals surface area contributed by atoms with Crippen LogP contribution in [0, 0.1) is 0 Å². The molecule has 27 heavy (non-hydrogen) atoms. The molecule has 1 heterocycles. The van der Waals surface area contributed by atoms with Crippen LogP contribution in [0.1, 0.15) is 23.2 Å². The number of amides is 1. The zero-order valence-corrected chi connectivity index (χ0v) is 14.9. The van der Waals surface area contributed by atoms with Crippen LogP contribution in [0.4, 0.5) is 0 Å². The van der Waals surface area contributed by atoms with Gasteiger partial charge in [0.2, 0.25) is 0 Å². The Balaban J connectivity index is 1.92. The topological polar surface area (TPSA) is 88.5 Å². The number of aliphatic carboxylic acids is 1. The molecule has 0 spiro atoms. The van der Waals surface area contributed by atoms with Crippen molar-refractivity contribution >= 4 is 22.8 Å². The van der Waals surface area contributed by atoms with Gasteiger partial charge in [-0.2, -0.15) is 0 Å². The predicted molar refractivity (Wildman–Crippen MR) is 103 cm³/mol. The van der Waals surface area contributed by atoms with Gasteiger partial charge in [0.1, 0.15) is 5.75 Å². The minimum absolute atomic E-state index is 0.0223. The van der Waals surface area contributed by atoms with Crippen LogP contribution in [0.5, 0.6) is 5.75 Å². The van der Waals surface area contributed by atoms with Gasteiger partial charge in [0.15, 0.2) is 0 Å². The number of pyridine rings is 1. The highest BCUT2D eigenvalue weighted by Crippen LogP contribution is 2.26. The van der Waals surface area contributed by atoms with Crippen LogP contribution >= 0.6 is 0 Å². The first-order valence-corrected chi connectivity index (χ1v) is 8.62. The first-order chi connectivity index (χ1) is 13.1. The Morgan fingerprint density at radius 3 is 2.56 bits per heavy atom. The highest BCUT2D eigenvalue weighted by molar-refractivity contribution is 6.07. The van der Waals surface area contributed by atoms with Crippen molar-refractivity contribution in [2.75, 3.05) is 13.7 Å². The molecule has 1 amide bonds. The minimum Gasteiger partial charge on any atom is -0.497 e. The summed E-state index contributed by atoms with van der Waals surface area (Å²) in [6.07, 6.45) is 0.407. The lowest BCUT2D eigenvalue weighted by Crippen LogP contribution is -2.25. The number of carbonyl (C=O) groups is 2. The molecule has 138 valence electrons. The summed E-state index contributed by atoms with van der Waals surface area (Å²) >= 11 is 0. The molecule has 2 aromatic carbocycles. The molecule has 3 aromatic rings. The molecule has 0 atom stereocenters. The number of benzene rings is 2. The highest BCUT2D eigenvalue weighted by atomic mass is 16.5. The normalized spacial score (nSPS) is 10.6. The van der Waals surface area contributed by atoms with E-state index in [1.54, 1.807) is 13.2 Å². The standard InChI is InChI=1S/C21H20N2O4/c1-27-15-10-8-14(9-11-15)19-13-17(16-5-2-3-6-18(16)23-19)21(26)22-12-4-7-20(24)25/h2-3,5-6,8-11,13H,4,7,12H2,1H3,(H,22,26)(H,24,25).